The highest BCUT2D eigenvalue weighted by atomic mass is 16.5. The minimum absolute atomic E-state index is 0.796. The molecule has 23 heavy (non-hydrogen) atoms. The number of hydrogen-bond acceptors (Lipinski definition) is 4. The molecule has 0 atom stereocenters. The third-order valence-corrected chi connectivity index (χ3v) is 3.62. The van der Waals surface area contributed by atoms with Crippen molar-refractivity contribution in [1.82, 2.24) is 4.98 Å². The first-order chi connectivity index (χ1) is 11.2. The van der Waals surface area contributed by atoms with Crippen LogP contribution in [-0.4, -0.2) is 18.3 Å². The zero-order valence-corrected chi connectivity index (χ0v) is 13.5. The average molecular weight is 305 g/mol. The molecule has 0 aliphatic carbocycles. The Labute approximate surface area is 135 Å². The first kappa shape index (κ1) is 15.0. The molecule has 1 N–H and O–H groups in total. The van der Waals surface area contributed by atoms with Crippen molar-refractivity contribution in [2.75, 3.05) is 12.5 Å². The van der Waals surface area contributed by atoms with Gasteiger partial charge in [-0.1, -0.05) is 23.8 Å². The Kier molecular flexibility index (Phi) is 4.24. The van der Waals surface area contributed by atoms with Crippen LogP contribution in [0.1, 0.15) is 16.8 Å². The normalized spacial score (nSPS) is 11.1. The van der Waals surface area contributed by atoms with Gasteiger partial charge in [0.05, 0.1) is 24.5 Å². The lowest BCUT2D eigenvalue weighted by Crippen LogP contribution is -1.96. The van der Waals surface area contributed by atoms with Crippen LogP contribution in [0.4, 0.5) is 5.69 Å². The van der Waals surface area contributed by atoms with E-state index in [-0.39, 0.29) is 0 Å². The molecule has 4 heteroatoms. The molecule has 0 aliphatic rings. The maximum atomic E-state index is 5.32. The average Bonchev–Trinajstić information content (AvgIpc) is 2.55. The quantitative estimate of drug-likeness (QED) is 0.577. The van der Waals surface area contributed by atoms with Crippen LogP contribution in [0.3, 0.4) is 0 Å². The van der Waals surface area contributed by atoms with E-state index in [1.54, 1.807) is 13.3 Å². The van der Waals surface area contributed by atoms with Gasteiger partial charge in [0.1, 0.15) is 5.75 Å². The number of anilines is 1. The summed E-state index contributed by atoms with van der Waals surface area (Å²) in [6.07, 6.45) is 1.76. The second-order valence-corrected chi connectivity index (χ2v) is 5.44. The summed E-state index contributed by atoms with van der Waals surface area (Å²) in [4.78, 5) is 4.56. The van der Waals surface area contributed by atoms with Crippen LogP contribution in [0.15, 0.2) is 53.6 Å². The van der Waals surface area contributed by atoms with Gasteiger partial charge < -0.3 is 4.74 Å². The number of methoxy groups -OCH3 is 1. The number of nitrogens with one attached hydrogen (secondary N) is 1. The summed E-state index contributed by atoms with van der Waals surface area (Å²) in [5.41, 5.74) is 8.11. The molecule has 116 valence electrons. The van der Waals surface area contributed by atoms with Gasteiger partial charge in [0.15, 0.2) is 0 Å². The van der Waals surface area contributed by atoms with E-state index in [1.807, 2.05) is 43.3 Å². The predicted molar refractivity (Wildman–Crippen MR) is 95.4 cm³/mol. The minimum Gasteiger partial charge on any atom is -0.496 e. The summed E-state index contributed by atoms with van der Waals surface area (Å²) >= 11 is 0. The molecule has 3 rings (SSSR count). The molecule has 1 aromatic heterocycles. The van der Waals surface area contributed by atoms with Crippen LogP contribution >= 0.6 is 0 Å². The number of benzene rings is 2. The summed E-state index contributed by atoms with van der Waals surface area (Å²) in [6, 6.07) is 16.0. The van der Waals surface area contributed by atoms with Crippen molar-refractivity contribution in [2.45, 2.75) is 13.8 Å². The first-order valence-corrected chi connectivity index (χ1v) is 7.47. The van der Waals surface area contributed by atoms with Gasteiger partial charge in [0.2, 0.25) is 0 Å². The van der Waals surface area contributed by atoms with E-state index in [2.05, 4.69) is 34.6 Å². The summed E-state index contributed by atoms with van der Waals surface area (Å²) in [7, 11) is 1.66. The smallest absolute Gasteiger partial charge is 0.127 e. The van der Waals surface area contributed by atoms with Crippen molar-refractivity contribution in [2.24, 2.45) is 5.10 Å². The largest absolute Gasteiger partial charge is 0.496 e. The van der Waals surface area contributed by atoms with Crippen LogP contribution in [0.5, 0.6) is 5.75 Å². The summed E-state index contributed by atoms with van der Waals surface area (Å²) in [6.45, 7) is 4.05. The topological polar surface area (TPSA) is 46.5 Å². The van der Waals surface area contributed by atoms with Crippen molar-refractivity contribution in [1.29, 1.82) is 0 Å². The van der Waals surface area contributed by atoms with Crippen molar-refractivity contribution in [3.05, 3.63) is 65.4 Å². The maximum absolute atomic E-state index is 5.32. The summed E-state index contributed by atoms with van der Waals surface area (Å²) < 4.78 is 5.32. The van der Waals surface area contributed by atoms with Crippen molar-refractivity contribution in [3.8, 4) is 5.75 Å². The molecular formula is C19H19N3O. The Bertz CT molecular complexity index is 872. The fourth-order valence-electron chi connectivity index (χ4n) is 2.51. The van der Waals surface area contributed by atoms with E-state index in [4.69, 9.17) is 4.74 Å². The van der Waals surface area contributed by atoms with Gasteiger partial charge in [-0.3, -0.25) is 10.4 Å². The number of hydrazone groups is 1. The molecule has 1 heterocycles. The van der Waals surface area contributed by atoms with Crippen LogP contribution in [0.25, 0.3) is 10.9 Å². The molecule has 0 spiro atoms. The molecular weight excluding hydrogens is 286 g/mol. The lowest BCUT2D eigenvalue weighted by molar-refractivity contribution is 0.414. The number of ether oxygens (including phenoxy) is 1. The number of para-hydroxylation sites is 1. The molecule has 0 amide bonds. The van der Waals surface area contributed by atoms with Crippen molar-refractivity contribution in [3.63, 3.8) is 0 Å². The molecule has 0 saturated heterocycles. The number of rotatable bonds is 4. The highest BCUT2D eigenvalue weighted by Gasteiger charge is 2.04. The van der Waals surface area contributed by atoms with E-state index >= 15 is 0 Å². The van der Waals surface area contributed by atoms with Gasteiger partial charge in [0, 0.05) is 16.6 Å². The Hall–Kier alpha value is -2.88. The zero-order valence-electron chi connectivity index (χ0n) is 13.5. The fourth-order valence-corrected chi connectivity index (χ4v) is 2.51. The maximum Gasteiger partial charge on any atom is 0.127 e. The Morgan fingerprint density at radius 1 is 1.09 bits per heavy atom. The monoisotopic (exact) mass is 305 g/mol. The summed E-state index contributed by atoms with van der Waals surface area (Å²) in [5.74, 6) is 0.796. The van der Waals surface area contributed by atoms with E-state index in [1.165, 1.54) is 5.56 Å². The fraction of sp³-hybridized carbons (Fsp3) is 0.158. The minimum atomic E-state index is 0.796. The Balaban J connectivity index is 1.92. The standard InChI is InChI=1S/C19H19N3O/c1-13-8-9-17-16(10-13)18(11-14(2)21-17)22-20-12-15-6-4-5-7-19(15)23-3/h4-12H,1-3H3,(H,21,22)/b20-12-. The number of fused-ring (bicyclic) bond motifs is 1. The SMILES string of the molecule is COc1ccccc1/C=N\Nc1cc(C)nc2ccc(C)cc12. The van der Waals surface area contributed by atoms with Crippen LogP contribution < -0.4 is 10.2 Å². The number of aromatic nitrogens is 1. The van der Waals surface area contributed by atoms with Gasteiger partial charge in [0.25, 0.3) is 0 Å². The molecule has 0 aliphatic heterocycles. The molecule has 0 fully saturated rings. The molecule has 0 saturated carbocycles. The zero-order chi connectivity index (χ0) is 16.2. The molecule has 2 aromatic carbocycles. The van der Waals surface area contributed by atoms with Crippen LogP contribution in [0.2, 0.25) is 0 Å². The summed E-state index contributed by atoms with van der Waals surface area (Å²) in [5, 5.41) is 5.42. The van der Waals surface area contributed by atoms with Crippen molar-refractivity contribution >= 4 is 22.8 Å². The second-order valence-electron chi connectivity index (χ2n) is 5.44. The number of aryl methyl sites for hydroxylation is 2. The number of pyridine rings is 1. The van der Waals surface area contributed by atoms with E-state index in [0.29, 0.717) is 0 Å². The lowest BCUT2D eigenvalue weighted by Gasteiger charge is -2.08. The molecule has 0 bridgehead atoms. The number of nitrogens with zero attached hydrogens (tertiary/aromatic N) is 2. The molecule has 0 unspecified atom stereocenters. The number of hydrogen-bond donors (Lipinski definition) is 1. The third kappa shape index (κ3) is 3.31. The van der Waals surface area contributed by atoms with Crippen molar-refractivity contribution < 1.29 is 4.74 Å². The van der Waals surface area contributed by atoms with Crippen LogP contribution in [0, 0.1) is 13.8 Å². The molecule has 0 radical (unpaired) electrons. The molecule has 4 nitrogen and oxygen atoms in total. The van der Waals surface area contributed by atoms with Gasteiger partial charge >= 0.3 is 0 Å². The lowest BCUT2D eigenvalue weighted by atomic mass is 10.1. The Morgan fingerprint density at radius 2 is 1.91 bits per heavy atom. The highest BCUT2D eigenvalue weighted by Crippen LogP contribution is 2.24. The third-order valence-electron chi connectivity index (χ3n) is 3.62. The van der Waals surface area contributed by atoms with Crippen LogP contribution in [-0.2, 0) is 0 Å². The molecule has 3 aromatic rings. The van der Waals surface area contributed by atoms with E-state index in [0.717, 1.165) is 33.6 Å². The highest BCUT2D eigenvalue weighted by molar-refractivity contribution is 5.92. The van der Waals surface area contributed by atoms with Gasteiger partial charge in [-0.05, 0) is 44.2 Å². The predicted octanol–water partition coefficient (Wildman–Crippen LogP) is 4.31. The first-order valence-electron chi connectivity index (χ1n) is 7.47. The Morgan fingerprint density at radius 3 is 2.74 bits per heavy atom. The van der Waals surface area contributed by atoms with E-state index in [9.17, 15) is 0 Å². The van der Waals surface area contributed by atoms with E-state index < -0.39 is 0 Å². The van der Waals surface area contributed by atoms with Gasteiger partial charge in [-0.2, -0.15) is 5.10 Å². The second kappa shape index (κ2) is 6.48. The van der Waals surface area contributed by atoms with Gasteiger partial charge in [-0.15, -0.1) is 0 Å². The van der Waals surface area contributed by atoms with Gasteiger partial charge in [-0.25, -0.2) is 0 Å².